The number of piperidine rings is 1. The first-order chi connectivity index (χ1) is 11.3. The molecule has 0 aromatic heterocycles. The Bertz CT molecular complexity index is 491. The first kappa shape index (κ1) is 16.4. The molecule has 1 aromatic carbocycles. The molecule has 5 heteroatoms. The quantitative estimate of drug-likeness (QED) is 0.859. The summed E-state index contributed by atoms with van der Waals surface area (Å²) in [7, 11) is 0. The van der Waals surface area contributed by atoms with Crippen molar-refractivity contribution in [3.63, 3.8) is 0 Å². The maximum Gasteiger partial charge on any atom is 0.237 e. The van der Waals surface area contributed by atoms with E-state index < -0.39 is 0 Å². The van der Waals surface area contributed by atoms with E-state index >= 15 is 0 Å². The topological polar surface area (TPSA) is 53.6 Å². The Morgan fingerprint density at radius 3 is 2.61 bits per heavy atom. The van der Waals surface area contributed by atoms with E-state index in [2.05, 4.69) is 39.8 Å². The molecule has 2 heterocycles. The van der Waals surface area contributed by atoms with Crippen LogP contribution in [0.25, 0.3) is 0 Å². The van der Waals surface area contributed by atoms with Crippen LogP contribution in [-0.4, -0.2) is 49.7 Å². The van der Waals surface area contributed by atoms with Crippen molar-refractivity contribution in [1.29, 1.82) is 0 Å². The number of nitrogens with zero attached hydrogens (tertiary/aromatic N) is 1. The molecular weight excluding hydrogens is 290 g/mol. The Balaban J connectivity index is 1.44. The number of benzene rings is 1. The summed E-state index contributed by atoms with van der Waals surface area (Å²) in [4.78, 5) is 14.5. The zero-order valence-electron chi connectivity index (χ0n) is 13.7. The van der Waals surface area contributed by atoms with Gasteiger partial charge in [0.1, 0.15) is 0 Å². The van der Waals surface area contributed by atoms with Gasteiger partial charge in [0.25, 0.3) is 0 Å². The van der Waals surface area contributed by atoms with Gasteiger partial charge in [0.2, 0.25) is 5.91 Å². The molecule has 2 aliphatic heterocycles. The molecule has 0 aliphatic carbocycles. The zero-order chi connectivity index (χ0) is 15.9. The third-order valence-electron chi connectivity index (χ3n) is 4.63. The molecule has 0 bridgehead atoms. The van der Waals surface area contributed by atoms with Crippen LogP contribution in [0.5, 0.6) is 0 Å². The lowest BCUT2D eigenvalue weighted by molar-refractivity contribution is -0.123. The second kappa shape index (κ2) is 8.43. The molecule has 1 amide bonds. The largest absolute Gasteiger partial charge is 0.379 e. The Hall–Kier alpha value is -1.43. The average molecular weight is 317 g/mol. The molecule has 2 N–H and O–H groups in total. The Morgan fingerprint density at radius 2 is 1.91 bits per heavy atom. The Morgan fingerprint density at radius 1 is 1.17 bits per heavy atom. The monoisotopic (exact) mass is 317 g/mol. The highest BCUT2D eigenvalue weighted by Crippen LogP contribution is 2.10. The lowest BCUT2D eigenvalue weighted by Gasteiger charge is -2.26. The minimum Gasteiger partial charge on any atom is -0.379 e. The van der Waals surface area contributed by atoms with Crippen molar-refractivity contribution < 1.29 is 9.53 Å². The summed E-state index contributed by atoms with van der Waals surface area (Å²) in [6.07, 6.45) is 3.26. The summed E-state index contributed by atoms with van der Waals surface area (Å²) in [6, 6.07) is 8.55. The summed E-state index contributed by atoms with van der Waals surface area (Å²) in [6.45, 7) is 6.21. The van der Waals surface area contributed by atoms with Gasteiger partial charge in [0, 0.05) is 26.2 Å². The minimum atomic E-state index is -0.00987. The minimum absolute atomic E-state index is 0.00987. The summed E-state index contributed by atoms with van der Waals surface area (Å²) >= 11 is 0. The fraction of sp³-hybridized carbons (Fsp3) is 0.611. The van der Waals surface area contributed by atoms with Crippen molar-refractivity contribution in [2.24, 2.45) is 0 Å². The van der Waals surface area contributed by atoms with Crippen molar-refractivity contribution in [2.75, 3.05) is 32.8 Å². The maximum absolute atomic E-state index is 12.1. The van der Waals surface area contributed by atoms with Gasteiger partial charge in [-0.1, -0.05) is 30.7 Å². The molecule has 1 unspecified atom stereocenters. The number of hydrogen-bond donors (Lipinski definition) is 2. The second-order valence-corrected chi connectivity index (χ2v) is 6.43. The van der Waals surface area contributed by atoms with Crippen molar-refractivity contribution in [1.82, 2.24) is 15.5 Å². The molecule has 2 fully saturated rings. The predicted octanol–water partition coefficient (Wildman–Crippen LogP) is 1.28. The van der Waals surface area contributed by atoms with Gasteiger partial charge in [0.05, 0.1) is 19.3 Å². The van der Waals surface area contributed by atoms with Gasteiger partial charge in [-0.3, -0.25) is 9.69 Å². The summed E-state index contributed by atoms with van der Waals surface area (Å²) in [5.41, 5.74) is 2.47. The molecule has 2 saturated heterocycles. The summed E-state index contributed by atoms with van der Waals surface area (Å²) < 4.78 is 5.37. The molecule has 0 radical (unpaired) electrons. The maximum atomic E-state index is 12.1. The standard InChI is InChI=1S/C18H27N3O2/c22-18(17-3-1-2-8-19-17)20-13-15-4-6-16(7-5-15)14-21-9-11-23-12-10-21/h4-7,17,19H,1-3,8-14H2,(H,20,22). The summed E-state index contributed by atoms with van der Waals surface area (Å²) in [5.74, 6) is 0.127. The first-order valence-electron chi connectivity index (χ1n) is 8.70. The van der Waals surface area contributed by atoms with E-state index in [1.165, 1.54) is 12.0 Å². The molecule has 2 aliphatic rings. The zero-order valence-corrected chi connectivity index (χ0v) is 13.7. The highest BCUT2D eigenvalue weighted by molar-refractivity contribution is 5.81. The van der Waals surface area contributed by atoms with Crippen molar-refractivity contribution in [3.8, 4) is 0 Å². The van der Waals surface area contributed by atoms with Gasteiger partial charge in [-0.05, 0) is 30.5 Å². The molecule has 0 saturated carbocycles. The van der Waals surface area contributed by atoms with Gasteiger partial charge in [-0.15, -0.1) is 0 Å². The van der Waals surface area contributed by atoms with Crippen molar-refractivity contribution in [3.05, 3.63) is 35.4 Å². The predicted molar refractivity (Wildman–Crippen MR) is 90.0 cm³/mol. The average Bonchev–Trinajstić information content (AvgIpc) is 2.62. The van der Waals surface area contributed by atoms with E-state index in [4.69, 9.17) is 4.74 Å². The lowest BCUT2D eigenvalue weighted by atomic mass is 10.0. The van der Waals surface area contributed by atoms with E-state index in [-0.39, 0.29) is 11.9 Å². The number of hydrogen-bond acceptors (Lipinski definition) is 4. The number of morpholine rings is 1. The van der Waals surface area contributed by atoms with Gasteiger partial charge in [-0.25, -0.2) is 0 Å². The number of nitrogens with one attached hydrogen (secondary N) is 2. The number of rotatable bonds is 5. The van der Waals surface area contributed by atoms with Crippen LogP contribution in [0.4, 0.5) is 0 Å². The number of amides is 1. The molecule has 0 spiro atoms. The lowest BCUT2D eigenvalue weighted by Crippen LogP contribution is -2.46. The molecule has 5 nitrogen and oxygen atoms in total. The normalized spacial score (nSPS) is 22.7. The number of ether oxygens (including phenoxy) is 1. The molecule has 126 valence electrons. The van der Waals surface area contributed by atoms with E-state index in [1.54, 1.807) is 0 Å². The van der Waals surface area contributed by atoms with Gasteiger partial charge < -0.3 is 15.4 Å². The molecule has 23 heavy (non-hydrogen) atoms. The van der Waals surface area contributed by atoms with E-state index in [9.17, 15) is 4.79 Å². The van der Waals surface area contributed by atoms with Crippen molar-refractivity contribution in [2.45, 2.75) is 38.4 Å². The van der Waals surface area contributed by atoms with Gasteiger partial charge in [0.15, 0.2) is 0 Å². The summed E-state index contributed by atoms with van der Waals surface area (Å²) in [5, 5.41) is 6.32. The Labute approximate surface area is 138 Å². The van der Waals surface area contributed by atoms with Crippen LogP contribution in [0.15, 0.2) is 24.3 Å². The van der Waals surface area contributed by atoms with E-state index in [0.29, 0.717) is 6.54 Å². The number of carbonyl (C=O) groups is 1. The smallest absolute Gasteiger partial charge is 0.237 e. The van der Waals surface area contributed by atoms with E-state index in [0.717, 1.165) is 57.8 Å². The second-order valence-electron chi connectivity index (χ2n) is 6.43. The fourth-order valence-electron chi connectivity index (χ4n) is 3.17. The molecule has 3 rings (SSSR count). The van der Waals surface area contributed by atoms with Crippen LogP contribution in [-0.2, 0) is 22.6 Å². The molecular formula is C18H27N3O2. The highest BCUT2D eigenvalue weighted by Gasteiger charge is 2.19. The molecule has 1 aromatic rings. The molecule has 1 atom stereocenters. The van der Waals surface area contributed by atoms with Crippen LogP contribution in [0.1, 0.15) is 30.4 Å². The van der Waals surface area contributed by atoms with Crippen LogP contribution >= 0.6 is 0 Å². The van der Waals surface area contributed by atoms with Crippen LogP contribution < -0.4 is 10.6 Å². The third kappa shape index (κ3) is 5.03. The van der Waals surface area contributed by atoms with Gasteiger partial charge in [-0.2, -0.15) is 0 Å². The van der Waals surface area contributed by atoms with Crippen LogP contribution in [0, 0.1) is 0 Å². The highest BCUT2D eigenvalue weighted by atomic mass is 16.5. The SMILES string of the molecule is O=C(NCc1ccc(CN2CCOCC2)cc1)C1CCCCN1. The number of carbonyl (C=O) groups excluding carboxylic acids is 1. The fourth-order valence-corrected chi connectivity index (χ4v) is 3.17. The third-order valence-corrected chi connectivity index (χ3v) is 4.63. The van der Waals surface area contributed by atoms with Crippen LogP contribution in [0.3, 0.4) is 0 Å². The Kier molecular flexibility index (Phi) is 6.02. The van der Waals surface area contributed by atoms with Crippen LogP contribution in [0.2, 0.25) is 0 Å². The first-order valence-corrected chi connectivity index (χ1v) is 8.70. The van der Waals surface area contributed by atoms with Gasteiger partial charge >= 0.3 is 0 Å². The van der Waals surface area contributed by atoms with Crippen molar-refractivity contribution >= 4 is 5.91 Å². The van der Waals surface area contributed by atoms with E-state index in [1.807, 2.05) is 0 Å².